The number of likely N-dealkylation sites (tertiary alicyclic amines) is 1. The molecular weight excluding hydrogens is 214 g/mol. The fourth-order valence-electron chi connectivity index (χ4n) is 2.48. The van der Waals surface area contributed by atoms with Gasteiger partial charge in [0.15, 0.2) is 6.29 Å². The summed E-state index contributed by atoms with van der Waals surface area (Å²) in [6.45, 7) is 13.8. The van der Waals surface area contributed by atoms with E-state index >= 15 is 0 Å². The van der Waals surface area contributed by atoms with Crippen molar-refractivity contribution in [2.75, 3.05) is 32.8 Å². The average Bonchev–Trinajstić information content (AvgIpc) is 2.75. The molecule has 1 rings (SSSR count). The van der Waals surface area contributed by atoms with Crippen LogP contribution >= 0.6 is 0 Å². The van der Waals surface area contributed by atoms with E-state index in [0.717, 1.165) is 38.0 Å². The molecule has 0 N–H and O–H groups in total. The standard InChI is InChI=1S/C14H29NO2/c1-5-16-14(17-6-2)8-10-15-9-7-13(11-15)12(3)4/h12-14H,5-11H2,1-4H3. The summed E-state index contributed by atoms with van der Waals surface area (Å²) in [6, 6.07) is 0. The first-order valence-electron chi connectivity index (χ1n) is 7.12. The van der Waals surface area contributed by atoms with Gasteiger partial charge in [-0.15, -0.1) is 0 Å². The maximum absolute atomic E-state index is 5.57. The molecule has 1 fully saturated rings. The van der Waals surface area contributed by atoms with Crippen molar-refractivity contribution in [1.29, 1.82) is 0 Å². The molecule has 0 saturated carbocycles. The third-order valence-corrected chi connectivity index (χ3v) is 3.64. The molecule has 0 bridgehead atoms. The maximum atomic E-state index is 5.57. The van der Waals surface area contributed by atoms with E-state index in [0.29, 0.717) is 0 Å². The van der Waals surface area contributed by atoms with Crippen LogP contribution in [-0.2, 0) is 9.47 Å². The average molecular weight is 243 g/mol. The van der Waals surface area contributed by atoms with Gasteiger partial charge in [0.1, 0.15) is 0 Å². The van der Waals surface area contributed by atoms with Gasteiger partial charge in [0.2, 0.25) is 0 Å². The van der Waals surface area contributed by atoms with Crippen molar-refractivity contribution < 1.29 is 9.47 Å². The molecule has 3 heteroatoms. The molecule has 0 aromatic rings. The number of nitrogens with zero attached hydrogens (tertiary/aromatic N) is 1. The van der Waals surface area contributed by atoms with E-state index < -0.39 is 0 Å². The van der Waals surface area contributed by atoms with Gasteiger partial charge < -0.3 is 14.4 Å². The van der Waals surface area contributed by atoms with Gasteiger partial charge >= 0.3 is 0 Å². The lowest BCUT2D eigenvalue weighted by molar-refractivity contribution is -0.141. The van der Waals surface area contributed by atoms with Crippen LogP contribution in [0.15, 0.2) is 0 Å². The van der Waals surface area contributed by atoms with E-state index in [1.165, 1.54) is 19.5 Å². The first-order chi connectivity index (χ1) is 8.17. The van der Waals surface area contributed by atoms with Crippen LogP contribution in [0.5, 0.6) is 0 Å². The Kier molecular flexibility index (Phi) is 7.09. The largest absolute Gasteiger partial charge is 0.353 e. The summed E-state index contributed by atoms with van der Waals surface area (Å²) in [5.74, 6) is 1.70. The Balaban J connectivity index is 2.21. The Morgan fingerprint density at radius 2 is 1.82 bits per heavy atom. The second-order valence-electron chi connectivity index (χ2n) is 5.22. The smallest absolute Gasteiger partial charge is 0.158 e. The quantitative estimate of drug-likeness (QED) is 0.612. The Bertz CT molecular complexity index is 191. The molecule has 0 radical (unpaired) electrons. The van der Waals surface area contributed by atoms with Gasteiger partial charge in [0.25, 0.3) is 0 Å². The first-order valence-corrected chi connectivity index (χ1v) is 7.12. The molecule has 17 heavy (non-hydrogen) atoms. The topological polar surface area (TPSA) is 21.7 Å². The molecule has 0 aromatic heterocycles. The molecule has 1 saturated heterocycles. The third-order valence-electron chi connectivity index (χ3n) is 3.64. The molecular formula is C14H29NO2. The summed E-state index contributed by atoms with van der Waals surface area (Å²) in [5, 5.41) is 0. The SMILES string of the molecule is CCOC(CCN1CCC(C(C)C)C1)OCC. The van der Waals surface area contributed by atoms with Crippen molar-refractivity contribution in [1.82, 2.24) is 4.90 Å². The minimum atomic E-state index is -0.0110. The molecule has 1 aliphatic heterocycles. The van der Waals surface area contributed by atoms with Crippen LogP contribution in [0.4, 0.5) is 0 Å². The summed E-state index contributed by atoms with van der Waals surface area (Å²) >= 11 is 0. The highest BCUT2D eigenvalue weighted by Crippen LogP contribution is 2.23. The zero-order chi connectivity index (χ0) is 12.7. The van der Waals surface area contributed by atoms with Crippen LogP contribution in [0.2, 0.25) is 0 Å². The number of ether oxygens (including phenoxy) is 2. The van der Waals surface area contributed by atoms with Gasteiger partial charge in [0.05, 0.1) is 0 Å². The number of hydrogen-bond acceptors (Lipinski definition) is 3. The van der Waals surface area contributed by atoms with Crippen LogP contribution in [0.25, 0.3) is 0 Å². The van der Waals surface area contributed by atoms with Crippen LogP contribution < -0.4 is 0 Å². The van der Waals surface area contributed by atoms with E-state index in [9.17, 15) is 0 Å². The summed E-state index contributed by atoms with van der Waals surface area (Å²) < 4.78 is 11.1. The third kappa shape index (κ3) is 5.36. The summed E-state index contributed by atoms with van der Waals surface area (Å²) in [6.07, 6.45) is 2.33. The second-order valence-corrected chi connectivity index (χ2v) is 5.22. The second kappa shape index (κ2) is 8.06. The van der Waals surface area contributed by atoms with E-state index in [1.54, 1.807) is 0 Å². The van der Waals surface area contributed by atoms with Crippen LogP contribution in [-0.4, -0.2) is 44.0 Å². The van der Waals surface area contributed by atoms with Crippen molar-refractivity contribution >= 4 is 0 Å². The van der Waals surface area contributed by atoms with E-state index in [-0.39, 0.29) is 6.29 Å². The van der Waals surface area contributed by atoms with Gasteiger partial charge in [-0.05, 0) is 38.6 Å². The van der Waals surface area contributed by atoms with Crippen molar-refractivity contribution in [3.63, 3.8) is 0 Å². The molecule has 1 aliphatic rings. The minimum Gasteiger partial charge on any atom is -0.353 e. The molecule has 102 valence electrons. The van der Waals surface area contributed by atoms with Crippen molar-refractivity contribution in [3.05, 3.63) is 0 Å². The fourth-order valence-corrected chi connectivity index (χ4v) is 2.48. The highest BCUT2D eigenvalue weighted by Gasteiger charge is 2.25. The molecule has 1 atom stereocenters. The first kappa shape index (κ1) is 14.9. The molecule has 1 unspecified atom stereocenters. The van der Waals surface area contributed by atoms with Gasteiger partial charge in [-0.3, -0.25) is 0 Å². The molecule has 0 aliphatic carbocycles. The maximum Gasteiger partial charge on any atom is 0.158 e. The summed E-state index contributed by atoms with van der Waals surface area (Å²) in [5.41, 5.74) is 0. The fraction of sp³-hybridized carbons (Fsp3) is 1.00. The highest BCUT2D eigenvalue weighted by molar-refractivity contribution is 4.77. The zero-order valence-electron chi connectivity index (χ0n) is 11.9. The Morgan fingerprint density at radius 3 is 2.29 bits per heavy atom. The zero-order valence-corrected chi connectivity index (χ0v) is 11.9. The lowest BCUT2D eigenvalue weighted by Gasteiger charge is -2.21. The summed E-state index contributed by atoms with van der Waals surface area (Å²) in [4.78, 5) is 2.55. The van der Waals surface area contributed by atoms with Gasteiger partial charge in [-0.1, -0.05) is 13.8 Å². The normalized spacial score (nSPS) is 21.9. The van der Waals surface area contributed by atoms with Gasteiger partial charge in [0, 0.05) is 32.7 Å². The van der Waals surface area contributed by atoms with E-state index in [1.807, 2.05) is 13.8 Å². The minimum absolute atomic E-state index is 0.0110. The van der Waals surface area contributed by atoms with Gasteiger partial charge in [-0.2, -0.15) is 0 Å². The predicted octanol–water partition coefficient (Wildman–Crippen LogP) is 2.75. The van der Waals surface area contributed by atoms with Crippen LogP contribution in [0, 0.1) is 11.8 Å². The van der Waals surface area contributed by atoms with Crippen molar-refractivity contribution in [3.8, 4) is 0 Å². The molecule has 0 aromatic carbocycles. The van der Waals surface area contributed by atoms with E-state index in [2.05, 4.69) is 18.7 Å². The van der Waals surface area contributed by atoms with E-state index in [4.69, 9.17) is 9.47 Å². The van der Waals surface area contributed by atoms with Crippen molar-refractivity contribution in [2.24, 2.45) is 11.8 Å². The number of rotatable bonds is 8. The lowest BCUT2D eigenvalue weighted by Crippen LogP contribution is -2.28. The van der Waals surface area contributed by atoms with Crippen molar-refractivity contribution in [2.45, 2.75) is 46.8 Å². The van der Waals surface area contributed by atoms with Gasteiger partial charge in [-0.25, -0.2) is 0 Å². The monoisotopic (exact) mass is 243 g/mol. The molecule has 1 heterocycles. The Morgan fingerprint density at radius 1 is 1.18 bits per heavy atom. The predicted molar refractivity (Wildman–Crippen MR) is 71.0 cm³/mol. The lowest BCUT2D eigenvalue weighted by atomic mass is 9.95. The van der Waals surface area contributed by atoms with Crippen LogP contribution in [0.1, 0.15) is 40.5 Å². The van der Waals surface area contributed by atoms with Crippen LogP contribution in [0.3, 0.4) is 0 Å². The summed E-state index contributed by atoms with van der Waals surface area (Å²) in [7, 11) is 0. The Labute approximate surface area is 106 Å². The molecule has 3 nitrogen and oxygen atoms in total. The highest BCUT2D eigenvalue weighted by atomic mass is 16.7. The number of hydrogen-bond donors (Lipinski definition) is 0. The molecule has 0 spiro atoms. The molecule has 0 amide bonds. The Hall–Kier alpha value is -0.120.